The van der Waals surface area contributed by atoms with Crippen LogP contribution < -0.4 is 0 Å². The van der Waals surface area contributed by atoms with Crippen LogP contribution in [-0.4, -0.2) is 20.2 Å². The number of hydrogen-bond acceptors (Lipinski definition) is 6. The summed E-state index contributed by atoms with van der Waals surface area (Å²) in [4.78, 5) is 8.49. The molecule has 0 radical (unpaired) electrons. The lowest BCUT2D eigenvalue weighted by molar-refractivity contribution is 0.852. The van der Waals surface area contributed by atoms with Crippen molar-refractivity contribution in [3.05, 3.63) is 60.9 Å². The van der Waals surface area contributed by atoms with Gasteiger partial charge in [-0.3, -0.25) is 0 Å². The topological polar surface area (TPSA) is 51.6 Å². The van der Waals surface area contributed by atoms with Crippen LogP contribution in [0.1, 0.15) is 0 Å². The lowest BCUT2D eigenvalue weighted by atomic mass is 10.5. The maximum absolute atomic E-state index is 4.24. The summed E-state index contributed by atoms with van der Waals surface area (Å²) >= 11 is 2.99. The zero-order valence-electron chi connectivity index (χ0n) is 10.4. The Kier molecular flexibility index (Phi) is 4.25. The van der Waals surface area contributed by atoms with Gasteiger partial charge in [-0.1, -0.05) is 12.1 Å². The zero-order valence-corrected chi connectivity index (χ0v) is 12.0. The summed E-state index contributed by atoms with van der Waals surface area (Å²) in [7, 11) is 0. The smallest absolute Gasteiger partial charge is 0.125 e. The maximum Gasteiger partial charge on any atom is 0.125 e. The molecule has 0 amide bonds. The SMILES string of the molecule is c1ccc(Sc2ccc(Sc3ccccn3)nn2)nc1. The summed E-state index contributed by atoms with van der Waals surface area (Å²) in [5, 5.41) is 11.9. The lowest BCUT2D eigenvalue weighted by Gasteiger charge is -2.01. The molecule has 3 rings (SSSR count). The molecule has 0 bridgehead atoms. The van der Waals surface area contributed by atoms with E-state index >= 15 is 0 Å². The van der Waals surface area contributed by atoms with Gasteiger partial charge in [0.1, 0.15) is 20.1 Å². The Morgan fingerprint density at radius 2 is 1.05 bits per heavy atom. The van der Waals surface area contributed by atoms with Gasteiger partial charge in [0.2, 0.25) is 0 Å². The quantitative estimate of drug-likeness (QED) is 0.734. The molecule has 4 nitrogen and oxygen atoms in total. The fourth-order valence-corrected chi connectivity index (χ4v) is 2.83. The molecule has 0 aromatic carbocycles. The van der Waals surface area contributed by atoms with Crippen LogP contribution >= 0.6 is 23.5 Å². The van der Waals surface area contributed by atoms with Crippen LogP contribution in [0.3, 0.4) is 0 Å². The molecule has 0 spiro atoms. The van der Waals surface area contributed by atoms with Gasteiger partial charge in [0.25, 0.3) is 0 Å². The van der Waals surface area contributed by atoms with Crippen molar-refractivity contribution in [2.24, 2.45) is 0 Å². The Morgan fingerprint density at radius 3 is 1.40 bits per heavy atom. The molecule has 3 aromatic rings. The first-order valence-electron chi connectivity index (χ1n) is 5.92. The first kappa shape index (κ1) is 13.1. The number of rotatable bonds is 4. The van der Waals surface area contributed by atoms with Crippen LogP contribution in [0, 0.1) is 0 Å². The monoisotopic (exact) mass is 298 g/mol. The summed E-state index contributed by atoms with van der Waals surface area (Å²) in [6.07, 6.45) is 3.53. The second-order valence-electron chi connectivity index (χ2n) is 3.75. The average molecular weight is 298 g/mol. The molecular weight excluding hydrogens is 288 g/mol. The van der Waals surface area contributed by atoms with Crippen molar-refractivity contribution in [2.75, 3.05) is 0 Å². The largest absolute Gasteiger partial charge is 0.250 e. The standard InChI is InChI=1S/C14H10N4S2/c1-3-9-15-11(5-1)19-13-7-8-14(18-17-13)20-12-6-2-4-10-16-12/h1-10H. The van der Waals surface area contributed by atoms with E-state index in [1.165, 1.54) is 23.5 Å². The van der Waals surface area contributed by atoms with E-state index in [0.29, 0.717) is 0 Å². The second kappa shape index (κ2) is 6.49. The van der Waals surface area contributed by atoms with Gasteiger partial charge in [-0.05, 0) is 59.9 Å². The van der Waals surface area contributed by atoms with E-state index in [2.05, 4.69) is 20.2 Å². The fourth-order valence-electron chi connectivity index (χ4n) is 1.45. The molecule has 0 saturated carbocycles. The molecule has 6 heteroatoms. The Morgan fingerprint density at radius 1 is 0.550 bits per heavy atom. The van der Waals surface area contributed by atoms with E-state index in [4.69, 9.17) is 0 Å². The molecule has 3 aromatic heterocycles. The predicted molar refractivity (Wildman–Crippen MR) is 78.8 cm³/mol. The van der Waals surface area contributed by atoms with Gasteiger partial charge in [0, 0.05) is 12.4 Å². The van der Waals surface area contributed by atoms with Crippen LogP contribution in [0.2, 0.25) is 0 Å². The highest BCUT2D eigenvalue weighted by Crippen LogP contribution is 2.26. The lowest BCUT2D eigenvalue weighted by Crippen LogP contribution is -1.88. The second-order valence-corrected chi connectivity index (χ2v) is 5.83. The molecule has 0 saturated heterocycles. The van der Waals surface area contributed by atoms with Gasteiger partial charge in [-0.25, -0.2) is 9.97 Å². The van der Waals surface area contributed by atoms with E-state index in [1.807, 2.05) is 48.5 Å². The van der Waals surface area contributed by atoms with Gasteiger partial charge in [-0.2, -0.15) is 0 Å². The number of hydrogen-bond donors (Lipinski definition) is 0. The molecule has 0 fully saturated rings. The summed E-state index contributed by atoms with van der Waals surface area (Å²) in [6, 6.07) is 15.5. The van der Waals surface area contributed by atoms with E-state index in [9.17, 15) is 0 Å². The van der Waals surface area contributed by atoms with Crippen molar-refractivity contribution in [1.82, 2.24) is 20.2 Å². The third kappa shape index (κ3) is 3.55. The average Bonchev–Trinajstić information content (AvgIpc) is 2.51. The van der Waals surface area contributed by atoms with Gasteiger partial charge >= 0.3 is 0 Å². The minimum atomic E-state index is 0.828. The van der Waals surface area contributed by atoms with Gasteiger partial charge in [-0.15, -0.1) is 10.2 Å². The van der Waals surface area contributed by atoms with Crippen LogP contribution in [0.15, 0.2) is 81.0 Å². The van der Waals surface area contributed by atoms with Crippen LogP contribution in [-0.2, 0) is 0 Å². The maximum atomic E-state index is 4.24. The summed E-state index contributed by atoms with van der Waals surface area (Å²) in [5.41, 5.74) is 0. The molecule has 0 N–H and O–H groups in total. The van der Waals surface area contributed by atoms with Crippen LogP contribution in [0.25, 0.3) is 0 Å². The highest BCUT2D eigenvalue weighted by atomic mass is 32.2. The third-order valence-electron chi connectivity index (χ3n) is 2.31. The molecular formula is C14H10N4S2. The Labute approximate surface area is 125 Å². The molecule has 0 aliphatic heterocycles. The van der Waals surface area contributed by atoms with Crippen LogP contribution in [0.4, 0.5) is 0 Å². The fraction of sp³-hybridized carbons (Fsp3) is 0. The number of nitrogens with zero attached hydrogens (tertiary/aromatic N) is 4. The zero-order chi connectivity index (χ0) is 13.6. The van der Waals surface area contributed by atoms with Crippen LogP contribution in [0.5, 0.6) is 0 Å². The minimum absolute atomic E-state index is 0.828. The molecule has 20 heavy (non-hydrogen) atoms. The van der Waals surface area contributed by atoms with Crippen molar-refractivity contribution in [2.45, 2.75) is 20.1 Å². The molecule has 0 aliphatic carbocycles. The summed E-state index contributed by atoms with van der Waals surface area (Å²) < 4.78 is 0. The van der Waals surface area contributed by atoms with Crippen molar-refractivity contribution in [3.8, 4) is 0 Å². The molecule has 0 aliphatic rings. The first-order valence-corrected chi connectivity index (χ1v) is 7.55. The van der Waals surface area contributed by atoms with E-state index in [1.54, 1.807) is 12.4 Å². The summed E-state index contributed by atoms with van der Waals surface area (Å²) in [5.74, 6) is 0. The van der Waals surface area contributed by atoms with Gasteiger partial charge in [0.15, 0.2) is 0 Å². The Balaban J connectivity index is 1.69. The van der Waals surface area contributed by atoms with E-state index in [0.717, 1.165) is 20.1 Å². The Hall–Kier alpha value is -1.92. The minimum Gasteiger partial charge on any atom is -0.250 e. The molecule has 98 valence electrons. The first-order chi connectivity index (χ1) is 9.90. The molecule has 3 heterocycles. The van der Waals surface area contributed by atoms with Crippen molar-refractivity contribution in [1.29, 1.82) is 0 Å². The number of aromatic nitrogens is 4. The van der Waals surface area contributed by atoms with Gasteiger partial charge in [0.05, 0.1) is 0 Å². The highest BCUT2D eigenvalue weighted by Gasteiger charge is 2.03. The molecule has 0 unspecified atom stereocenters. The third-order valence-corrected chi connectivity index (χ3v) is 4.06. The van der Waals surface area contributed by atoms with Crippen molar-refractivity contribution in [3.63, 3.8) is 0 Å². The van der Waals surface area contributed by atoms with Gasteiger partial charge < -0.3 is 0 Å². The number of pyridine rings is 2. The predicted octanol–water partition coefficient (Wildman–Crippen LogP) is 3.57. The Bertz CT molecular complexity index is 599. The highest BCUT2D eigenvalue weighted by molar-refractivity contribution is 7.99. The van der Waals surface area contributed by atoms with Crippen molar-refractivity contribution >= 4 is 23.5 Å². The summed E-state index contributed by atoms with van der Waals surface area (Å²) in [6.45, 7) is 0. The van der Waals surface area contributed by atoms with Crippen molar-refractivity contribution < 1.29 is 0 Å². The molecule has 0 atom stereocenters. The van der Waals surface area contributed by atoms with E-state index in [-0.39, 0.29) is 0 Å². The van der Waals surface area contributed by atoms with E-state index < -0.39 is 0 Å². The normalized spacial score (nSPS) is 10.4.